The van der Waals surface area contributed by atoms with E-state index in [1.165, 1.54) is 18.2 Å². The number of benzene rings is 1. The molecule has 1 saturated heterocycles. The van der Waals surface area contributed by atoms with E-state index in [2.05, 4.69) is 0 Å². The number of nitrogens with two attached hydrogens (primary N) is 1. The van der Waals surface area contributed by atoms with Crippen LogP contribution in [0, 0.1) is 5.82 Å². The third-order valence-electron chi connectivity index (χ3n) is 2.71. The van der Waals surface area contributed by atoms with Crippen LogP contribution in [0.2, 0.25) is 0 Å². The maximum atomic E-state index is 13.7. The van der Waals surface area contributed by atoms with Gasteiger partial charge in [0.15, 0.2) is 0 Å². The molecule has 2 N–H and O–H groups in total. The van der Waals surface area contributed by atoms with Gasteiger partial charge in [0.05, 0.1) is 6.54 Å². The van der Waals surface area contributed by atoms with Crippen LogP contribution in [-0.2, 0) is 20.9 Å². The lowest BCUT2D eigenvalue weighted by Gasteiger charge is -2.25. The van der Waals surface area contributed by atoms with Crippen LogP contribution in [0.4, 0.5) is 4.39 Å². The van der Waals surface area contributed by atoms with E-state index < -0.39 is 17.6 Å². The summed E-state index contributed by atoms with van der Waals surface area (Å²) in [5, 5.41) is 0. The summed E-state index contributed by atoms with van der Waals surface area (Å²) in [6.07, 6.45) is 0. The van der Waals surface area contributed by atoms with E-state index in [4.69, 9.17) is 22.7 Å². The molecule has 7 heteroatoms. The topological polar surface area (TPSA) is 72.6 Å². The Labute approximate surface area is 114 Å². The fourth-order valence-electron chi connectivity index (χ4n) is 1.72. The highest BCUT2D eigenvalue weighted by atomic mass is 32.1. The number of thiocarbonyl (C=S) groups is 1. The predicted octanol–water partition coefficient (Wildman–Crippen LogP) is 0.345. The van der Waals surface area contributed by atoms with Crippen molar-refractivity contribution in [3.8, 4) is 0 Å². The normalized spacial score (nSPS) is 15.7. The van der Waals surface area contributed by atoms with Crippen molar-refractivity contribution >= 4 is 29.0 Å². The van der Waals surface area contributed by atoms with Crippen LogP contribution in [0.5, 0.6) is 0 Å². The van der Waals surface area contributed by atoms with Gasteiger partial charge in [0.2, 0.25) is 0 Å². The molecule has 1 aromatic rings. The molecule has 1 aliphatic heterocycles. The van der Waals surface area contributed by atoms with Crippen molar-refractivity contribution in [3.63, 3.8) is 0 Å². The number of amides is 2. The number of ether oxygens (including phenoxy) is 1. The monoisotopic (exact) mass is 282 g/mol. The average Bonchev–Trinajstić information content (AvgIpc) is 2.35. The Morgan fingerprint density at radius 2 is 2.00 bits per heavy atom. The molecule has 100 valence electrons. The van der Waals surface area contributed by atoms with Crippen molar-refractivity contribution in [2.24, 2.45) is 5.73 Å². The molecule has 0 unspecified atom stereocenters. The Hall–Kier alpha value is -1.86. The van der Waals surface area contributed by atoms with E-state index in [0.29, 0.717) is 5.56 Å². The van der Waals surface area contributed by atoms with E-state index >= 15 is 0 Å². The van der Waals surface area contributed by atoms with Gasteiger partial charge in [0.25, 0.3) is 11.8 Å². The second kappa shape index (κ2) is 5.41. The molecule has 1 aliphatic rings. The number of carbonyl (C=O) groups is 2. The van der Waals surface area contributed by atoms with Gasteiger partial charge in [0.1, 0.15) is 24.0 Å². The summed E-state index contributed by atoms with van der Waals surface area (Å²) in [6, 6.07) is 4.09. The van der Waals surface area contributed by atoms with E-state index in [1.54, 1.807) is 0 Å². The molecule has 0 aromatic heterocycles. The summed E-state index contributed by atoms with van der Waals surface area (Å²) < 4.78 is 18.5. The van der Waals surface area contributed by atoms with Crippen LogP contribution >= 0.6 is 12.2 Å². The highest BCUT2D eigenvalue weighted by Gasteiger charge is 2.27. The number of hydrogen-bond donors (Lipinski definition) is 1. The zero-order valence-corrected chi connectivity index (χ0v) is 10.7. The molecule has 0 aliphatic carbocycles. The lowest BCUT2D eigenvalue weighted by molar-refractivity contribution is -0.159. The Morgan fingerprint density at radius 3 is 2.58 bits per heavy atom. The Morgan fingerprint density at radius 1 is 1.37 bits per heavy atom. The quantitative estimate of drug-likeness (QED) is 0.639. The Kier molecular flexibility index (Phi) is 3.87. The summed E-state index contributed by atoms with van der Waals surface area (Å²) in [6.45, 7) is -0.506. The predicted molar refractivity (Wildman–Crippen MR) is 68.7 cm³/mol. The maximum absolute atomic E-state index is 13.7. The van der Waals surface area contributed by atoms with Crippen LogP contribution in [-0.4, -0.2) is 34.9 Å². The standard InChI is InChI=1S/C12H11FN2O3S/c13-9-2-1-7(12(14)19)3-8(9)4-15-10(16)5-18-6-11(15)17/h1-3H,4-6H2,(H2,14,19). The summed E-state index contributed by atoms with van der Waals surface area (Å²) in [5.41, 5.74) is 6.14. The number of carbonyl (C=O) groups excluding carboxylic acids is 2. The molecule has 5 nitrogen and oxygen atoms in total. The summed E-state index contributed by atoms with van der Waals surface area (Å²) in [5.74, 6) is -1.50. The molecule has 2 rings (SSSR count). The zero-order valence-electron chi connectivity index (χ0n) is 9.89. The van der Waals surface area contributed by atoms with Crippen LogP contribution in [0.1, 0.15) is 11.1 Å². The lowest BCUT2D eigenvalue weighted by atomic mass is 10.1. The second-order valence-corrected chi connectivity index (χ2v) is 4.48. The van der Waals surface area contributed by atoms with E-state index in [-0.39, 0.29) is 30.3 Å². The molecule has 1 fully saturated rings. The van der Waals surface area contributed by atoms with Crippen molar-refractivity contribution in [1.82, 2.24) is 4.90 Å². The van der Waals surface area contributed by atoms with Gasteiger partial charge in [-0.2, -0.15) is 0 Å². The molecular weight excluding hydrogens is 271 g/mol. The minimum atomic E-state index is -0.521. The first kappa shape index (κ1) is 13.6. The van der Waals surface area contributed by atoms with Gasteiger partial charge in [-0.3, -0.25) is 14.5 Å². The maximum Gasteiger partial charge on any atom is 0.255 e. The first-order valence-electron chi connectivity index (χ1n) is 5.48. The first-order valence-corrected chi connectivity index (χ1v) is 5.89. The minimum Gasteiger partial charge on any atom is -0.389 e. The lowest BCUT2D eigenvalue weighted by Crippen LogP contribution is -2.45. The van der Waals surface area contributed by atoms with E-state index in [1.807, 2.05) is 0 Å². The van der Waals surface area contributed by atoms with Crippen LogP contribution < -0.4 is 5.73 Å². The van der Waals surface area contributed by atoms with Gasteiger partial charge in [-0.05, 0) is 18.2 Å². The SMILES string of the molecule is NC(=S)c1ccc(F)c(CN2C(=O)COCC2=O)c1. The van der Waals surface area contributed by atoms with Crippen molar-refractivity contribution < 1.29 is 18.7 Å². The first-order chi connectivity index (χ1) is 8.99. The smallest absolute Gasteiger partial charge is 0.255 e. The summed E-state index contributed by atoms with van der Waals surface area (Å²) in [7, 11) is 0. The third-order valence-corrected chi connectivity index (χ3v) is 2.95. The molecule has 2 amide bonds. The number of morpholine rings is 1. The Bertz CT molecular complexity index is 546. The fraction of sp³-hybridized carbons (Fsp3) is 0.250. The molecular formula is C12H11FN2O3S. The molecule has 1 aromatic carbocycles. The molecule has 19 heavy (non-hydrogen) atoms. The molecule has 0 radical (unpaired) electrons. The highest BCUT2D eigenvalue weighted by Crippen LogP contribution is 2.15. The zero-order chi connectivity index (χ0) is 14.0. The van der Waals surface area contributed by atoms with Crippen LogP contribution in [0.3, 0.4) is 0 Å². The summed E-state index contributed by atoms with van der Waals surface area (Å²) >= 11 is 4.80. The number of rotatable bonds is 3. The number of nitrogens with zero attached hydrogens (tertiary/aromatic N) is 1. The van der Waals surface area contributed by atoms with Crippen LogP contribution in [0.15, 0.2) is 18.2 Å². The number of imide groups is 1. The third kappa shape index (κ3) is 2.94. The molecule has 0 atom stereocenters. The summed E-state index contributed by atoms with van der Waals surface area (Å²) in [4.78, 5) is 24.2. The largest absolute Gasteiger partial charge is 0.389 e. The highest BCUT2D eigenvalue weighted by molar-refractivity contribution is 7.80. The fourth-order valence-corrected chi connectivity index (χ4v) is 1.84. The van der Waals surface area contributed by atoms with Crippen molar-refractivity contribution in [2.75, 3.05) is 13.2 Å². The molecule has 0 bridgehead atoms. The molecule has 1 heterocycles. The minimum absolute atomic E-state index is 0.126. The van der Waals surface area contributed by atoms with E-state index in [0.717, 1.165) is 4.90 Å². The van der Waals surface area contributed by atoms with Crippen molar-refractivity contribution in [3.05, 3.63) is 35.1 Å². The van der Waals surface area contributed by atoms with E-state index in [9.17, 15) is 14.0 Å². The van der Waals surface area contributed by atoms with Gasteiger partial charge in [0, 0.05) is 11.1 Å². The number of hydrogen-bond acceptors (Lipinski definition) is 4. The van der Waals surface area contributed by atoms with Gasteiger partial charge in [-0.1, -0.05) is 12.2 Å². The number of halogens is 1. The molecule has 0 saturated carbocycles. The van der Waals surface area contributed by atoms with Gasteiger partial charge >= 0.3 is 0 Å². The second-order valence-electron chi connectivity index (χ2n) is 4.04. The van der Waals surface area contributed by atoms with Crippen LogP contribution in [0.25, 0.3) is 0 Å². The van der Waals surface area contributed by atoms with Gasteiger partial charge in [-0.15, -0.1) is 0 Å². The van der Waals surface area contributed by atoms with Gasteiger partial charge in [-0.25, -0.2) is 4.39 Å². The van der Waals surface area contributed by atoms with Gasteiger partial charge < -0.3 is 10.5 Å². The molecule has 0 spiro atoms. The van der Waals surface area contributed by atoms with Crippen molar-refractivity contribution in [1.29, 1.82) is 0 Å². The average molecular weight is 282 g/mol. The Balaban J connectivity index is 2.27. The van der Waals surface area contributed by atoms with Crippen molar-refractivity contribution in [2.45, 2.75) is 6.54 Å².